The Hall–Kier alpha value is -1.26. The molecule has 0 radical (unpaired) electrons. The van der Waals surface area contributed by atoms with Gasteiger partial charge in [-0.1, -0.05) is 20.8 Å². The standard InChI is InChI=1S/C13H26N2O3/c1-7-8-14-12(17)15-10(9(2)3)11(16)18-13(4,5)6/h9-10H,7-8H2,1-6H3,(H2,14,15,17)/t10-/m0/s1. The Bertz CT molecular complexity index is 282. The molecule has 0 aliphatic rings. The first kappa shape index (κ1) is 16.7. The van der Waals surface area contributed by atoms with Gasteiger partial charge in [-0.05, 0) is 33.1 Å². The number of rotatable bonds is 5. The van der Waals surface area contributed by atoms with Gasteiger partial charge in [0.15, 0.2) is 0 Å². The van der Waals surface area contributed by atoms with E-state index in [4.69, 9.17) is 4.74 Å². The third kappa shape index (κ3) is 7.14. The first-order valence-electron chi connectivity index (χ1n) is 6.44. The van der Waals surface area contributed by atoms with Crippen LogP contribution in [-0.2, 0) is 9.53 Å². The van der Waals surface area contributed by atoms with Crippen LogP contribution in [0.2, 0.25) is 0 Å². The van der Waals surface area contributed by atoms with Gasteiger partial charge in [-0.2, -0.15) is 0 Å². The van der Waals surface area contributed by atoms with Crippen molar-refractivity contribution in [1.29, 1.82) is 0 Å². The quantitative estimate of drug-likeness (QED) is 0.742. The molecule has 0 aromatic heterocycles. The van der Waals surface area contributed by atoms with Crippen LogP contribution >= 0.6 is 0 Å². The van der Waals surface area contributed by atoms with Gasteiger partial charge in [-0.15, -0.1) is 0 Å². The Morgan fingerprint density at radius 3 is 2.17 bits per heavy atom. The largest absolute Gasteiger partial charge is 0.458 e. The monoisotopic (exact) mass is 258 g/mol. The van der Waals surface area contributed by atoms with Crippen molar-refractivity contribution in [2.45, 2.75) is 59.6 Å². The van der Waals surface area contributed by atoms with E-state index in [1.807, 2.05) is 20.8 Å². The molecule has 5 nitrogen and oxygen atoms in total. The van der Waals surface area contributed by atoms with Crippen LogP contribution in [0, 0.1) is 5.92 Å². The molecular weight excluding hydrogens is 232 g/mol. The Kier molecular flexibility index (Phi) is 6.73. The molecule has 0 aliphatic heterocycles. The number of urea groups is 1. The highest BCUT2D eigenvalue weighted by molar-refractivity contribution is 5.83. The van der Waals surface area contributed by atoms with Gasteiger partial charge in [0.05, 0.1) is 0 Å². The highest BCUT2D eigenvalue weighted by Crippen LogP contribution is 2.12. The van der Waals surface area contributed by atoms with Crippen molar-refractivity contribution in [2.24, 2.45) is 5.92 Å². The van der Waals surface area contributed by atoms with Crippen molar-refractivity contribution >= 4 is 12.0 Å². The van der Waals surface area contributed by atoms with Crippen LogP contribution in [0.1, 0.15) is 48.0 Å². The van der Waals surface area contributed by atoms with Gasteiger partial charge in [0.1, 0.15) is 11.6 Å². The summed E-state index contributed by atoms with van der Waals surface area (Å²) in [5.41, 5.74) is -0.550. The van der Waals surface area contributed by atoms with Gasteiger partial charge in [-0.3, -0.25) is 0 Å². The fourth-order valence-corrected chi connectivity index (χ4v) is 1.29. The molecule has 0 fully saturated rings. The average molecular weight is 258 g/mol. The number of ether oxygens (including phenoxy) is 1. The zero-order chi connectivity index (χ0) is 14.3. The third-order valence-electron chi connectivity index (χ3n) is 2.15. The number of hydrogen-bond acceptors (Lipinski definition) is 3. The Morgan fingerprint density at radius 1 is 1.22 bits per heavy atom. The predicted octanol–water partition coefficient (Wildman–Crippen LogP) is 2.06. The highest BCUT2D eigenvalue weighted by Gasteiger charge is 2.28. The first-order chi connectivity index (χ1) is 8.17. The second kappa shape index (κ2) is 7.24. The van der Waals surface area contributed by atoms with E-state index in [-0.39, 0.29) is 11.9 Å². The summed E-state index contributed by atoms with van der Waals surface area (Å²) in [7, 11) is 0. The molecule has 0 saturated heterocycles. The molecule has 0 aromatic carbocycles. The van der Waals surface area contributed by atoms with Crippen LogP contribution in [0.4, 0.5) is 4.79 Å². The second-order valence-corrected chi connectivity index (χ2v) is 5.66. The van der Waals surface area contributed by atoms with Crippen LogP contribution in [0.25, 0.3) is 0 Å². The molecule has 0 aliphatic carbocycles. The predicted molar refractivity (Wildman–Crippen MR) is 71.3 cm³/mol. The molecule has 0 spiro atoms. The lowest BCUT2D eigenvalue weighted by atomic mass is 10.0. The molecule has 2 N–H and O–H groups in total. The summed E-state index contributed by atoms with van der Waals surface area (Å²) in [6.45, 7) is 11.7. The van der Waals surface area contributed by atoms with E-state index >= 15 is 0 Å². The summed E-state index contributed by atoms with van der Waals surface area (Å²) in [4.78, 5) is 23.5. The van der Waals surface area contributed by atoms with Gasteiger partial charge in [0, 0.05) is 6.54 Å². The van der Waals surface area contributed by atoms with E-state index in [0.29, 0.717) is 6.54 Å². The molecular formula is C13H26N2O3. The number of esters is 1. The Morgan fingerprint density at radius 2 is 1.78 bits per heavy atom. The molecule has 0 aromatic rings. The van der Waals surface area contributed by atoms with Gasteiger partial charge in [-0.25, -0.2) is 9.59 Å². The van der Waals surface area contributed by atoms with Gasteiger partial charge < -0.3 is 15.4 Å². The first-order valence-corrected chi connectivity index (χ1v) is 6.44. The zero-order valence-electron chi connectivity index (χ0n) is 12.3. The number of hydrogen-bond donors (Lipinski definition) is 2. The van der Waals surface area contributed by atoms with E-state index in [2.05, 4.69) is 10.6 Å². The van der Waals surface area contributed by atoms with Gasteiger partial charge >= 0.3 is 12.0 Å². The van der Waals surface area contributed by atoms with Crippen molar-refractivity contribution in [3.63, 3.8) is 0 Å². The van der Waals surface area contributed by atoms with E-state index in [9.17, 15) is 9.59 Å². The van der Waals surface area contributed by atoms with Crippen LogP contribution < -0.4 is 10.6 Å². The van der Waals surface area contributed by atoms with Crippen LogP contribution in [0.15, 0.2) is 0 Å². The van der Waals surface area contributed by atoms with E-state index < -0.39 is 17.6 Å². The number of nitrogens with one attached hydrogen (secondary N) is 2. The molecule has 2 amide bonds. The summed E-state index contributed by atoms with van der Waals surface area (Å²) in [6.07, 6.45) is 0.853. The lowest BCUT2D eigenvalue weighted by Crippen LogP contribution is -2.50. The minimum absolute atomic E-state index is 0.0211. The maximum atomic E-state index is 11.9. The molecule has 0 unspecified atom stereocenters. The van der Waals surface area contributed by atoms with Crippen molar-refractivity contribution in [2.75, 3.05) is 6.54 Å². The van der Waals surface area contributed by atoms with E-state index in [0.717, 1.165) is 6.42 Å². The summed E-state index contributed by atoms with van der Waals surface area (Å²) in [5, 5.41) is 5.33. The van der Waals surface area contributed by atoms with Crippen molar-refractivity contribution in [1.82, 2.24) is 10.6 Å². The molecule has 0 bridgehead atoms. The van der Waals surface area contributed by atoms with Gasteiger partial charge in [0.2, 0.25) is 0 Å². The van der Waals surface area contributed by atoms with Crippen molar-refractivity contribution in [3.05, 3.63) is 0 Å². The molecule has 5 heteroatoms. The zero-order valence-corrected chi connectivity index (χ0v) is 12.3. The van der Waals surface area contributed by atoms with Crippen molar-refractivity contribution in [3.8, 4) is 0 Å². The topological polar surface area (TPSA) is 67.4 Å². The average Bonchev–Trinajstić information content (AvgIpc) is 2.19. The van der Waals surface area contributed by atoms with E-state index in [1.165, 1.54) is 0 Å². The maximum absolute atomic E-state index is 11.9. The normalized spacial score (nSPS) is 13.1. The minimum atomic E-state index is -0.624. The lowest BCUT2D eigenvalue weighted by molar-refractivity contribution is -0.158. The maximum Gasteiger partial charge on any atom is 0.329 e. The van der Waals surface area contributed by atoms with Gasteiger partial charge in [0.25, 0.3) is 0 Å². The fourth-order valence-electron chi connectivity index (χ4n) is 1.29. The summed E-state index contributed by atoms with van der Waals surface area (Å²) < 4.78 is 5.29. The fraction of sp³-hybridized carbons (Fsp3) is 0.846. The van der Waals surface area contributed by atoms with Crippen molar-refractivity contribution < 1.29 is 14.3 Å². The molecule has 106 valence electrons. The molecule has 0 rings (SSSR count). The lowest BCUT2D eigenvalue weighted by Gasteiger charge is -2.26. The molecule has 0 saturated carbocycles. The molecule has 0 heterocycles. The smallest absolute Gasteiger partial charge is 0.329 e. The second-order valence-electron chi connectivity index (χ2n) is 5.66. The minimum Gasteiger partial charge on any atom is -0.458 e. The van der Waals surface area contributed by atoms with Crippen LogP contribution in [0.3, 0.4) is 0 Å². The number of amides is 2. The van der Waals surface area contributed by atoms with E-state index in [1.54, 1.807) is 20.8 Å². The highest BCUT2D eigenvalue weighted by atomic mass is 16.6. The third-order valence-corrected chi connectivity index (χ3v) is 2.15. The summed E-state index contributed by atoms with van der Waals surface area (Å²) in [6, 6.07) is -0.956. The Labute approximate surface area is 110 Å². The molecule has 1 atom stereocenters. The number of carbonyl (C=O) groups is 2. The Balaban J connectivity index is 4.48. The number of carbonyl (C=O) groups excluding carboxylic acids is 2. The molecule has 18 heavy (non-hydrogen) atoms. The summed E-state index contributed by atoms with van der Waals surface area (Å²) in [5.74, 6) is -0.420. The van der Waals surface area contributed by atoms with Crippen LogP contribution in [-0.4, -0.2) is 30.2 Å². The van der Waals surface area contributed by atoms with Crippen LogP contribution in [0.5, 0.6) is 0 Å². The SMILES string of the molecule is CCCNC(=O)N[C@H](C(=O)OC(C)(C)C)C(C)C. The summed E-state index contributed by atoms with van der Waals surface area (Å²) >= 11 is 0.